The van der Waals surface area contributed by atoms with Crippen LogP contribution in [0.2, 0.25) is 0 Å². The summed E-state index contributed by atoms with van der Waals surface area (Å²) in [5.41, 5.74) is 3.07. The van der Waals surface area contributed by atoms with E-state index in [1.807, 2.05) is 0 Å². The predicted octanol–water partition coefficient (Wildman–Crippen LogP) is 4.00. The number of rotatable bonds is 10. The molecule has 148 valence electrons. The highest BCUT2D eigenvalue weighted by atomic mass is 127. The first kappa shape index (κ1) is 23.2. The van der Waals surface area contributed by atoms with E-state index in [-0.39, 0.29) is 36.0 Å². The van der Waals surface area contributed by atoms with E-state index in [0.29, 0.717) is 5.92 Å². The first-order valence-corrected chi connectivity index (χ1v) is 9.84. The van der Waals surface area contributed by atoms with Crippen molar-refractivity contribution in [1.82, 2.24) is 10.6 Å². The zero-order chi connectivity index (χ0) is 18.1. The SMILES string of the molecule is CCCC(CCO)CNC(=NCC1(c2ccccc2C)CC1)NCC.I. The fourth-order valence-corrected chi connectivity index (χ4v) is 3.58. The molecular formula is C21H36IN3O. The van der Waals surface area contributed by atoms with Gasteiger partial charge < -0.3 is 15.7 Å². The van der Waals surface area contributed by atoms with Crippen molar-refractivity contribution in [1.29, 1.82) is 0 Å². The Morgan fingerprint density at radius 2 is 1.92 bits per heavy atom. The van der Waals surface area contributed by atoms with Crippen molar-refractivity contribution in [2.75, 3.05) is 26.2 Å². The number of aliphatic hydroxyl groups is 1. The van der Waals surface area contributed by atoms with Gasteiger partial charge in [-0.1, -0.05) is 37.6 Å². The number of benzene rings is 1. The number of nitrogens with one attached hydrogen (secondary N) is 2. The van der Waals surface area contributed by atoms with E-state index in [1.54, 1.807) is 0 Å². The first-order chi connectivity index (χ1) is 12.1. The summed E-state index contributed by atoms with van der Waals surface area (Å²) in [6.07, 6.45) is 5.59. The summed E-state index contributed by atoms with van der Waals surface area (Å²) < 4.78 is 0. The second-order valence-electron chi connectivity index (χ2n) is 7.34. The average molecular weight is 473 g/mol. The third-order valence-electron chi connectivity index (χ3n) is 5.25. The minimum Gasteiger partial charge on any atom is -0.396 e. The van der Waals surface area contributed by atoms with Gasteiger partial charge in [0.2, 0.25) is 0 Å². The smallest absolute Gasteiger partial charge is 0.191 e. The fraction of sp³-hybridized carbons (Fsp3) is 0.667. The number of aryl methyl sites for hydroxylation is 1. The molecule has 1 aromatic rings. The summed E-state index contributed by atoms with van der Waals surface area (Å²) >= 11 is 0. The Balaban J connectivity index is 0.00000338. The van der Waals surface area contributed by atoms with Gasteiger partial charge in [-0.15, -0.1) is 24.0 Å². The second kappa shape index (κ2) is 11.8. The molecule has 1 aliphatic carbocycles. The molecule has 2 rings (SSSR count). The van der Waals surface area contributed by atoms with Crippen molar-refractivity contribution in [3.05, 3.63) is 35.4 Å². The Kier molecular flexibility index (Phi) is 10.5. The number of aliphatic hydroxyl groups excluding tert-OH is 1. The molecule has 0 heterocycles. The van der Waals surface area contributed by atoms with E-state index < -0.39 is 0 Å². The van der Waals surface area contributed by atoms with Gasteiger partial charge in [0.1, 0.15) is 0 Å². The summed E-state index contributed by atoms with van der Waals surface area (Å²) in [6, 6.07) is 8.71. The van der Waals surface area contributed by atoms with Crippen LogP contribution in [0.4, 0.5) is 0 Å². The molecule has 1 unspecified atom stereocenters. The van der Waals surface area contributed by atoms with E-state index in [2.05, 4.69) is 55.7 Å². The van der Waals surface area contributed by atoms with Gasteiger partial charge in [0.25, 0.3) is 0 Å². The second-order valence-corrected chi connectivity index (χ2v) is 7.34. The lowest BCUT2D eigenvalue weighted by molar-refractivity contribution is 0.251. The molecule has 3 N–H and O–H groups in total. The van der Waals surface area contributed by atoms with Crippen LogP contribution in [0.1, 0.15) is 57.1 Å². The molecule has 26 heavy (non-hydrogen) atoms. The fourth-order valence-electron chi connectivity index (χ4n) is 3.58. The maximum atomic E-state index is 9.23. The Bertz CT molecular complexity index is 552. The van der Waals surface area contributed by atoms with Gasteiger partial charge in [-0.3, -0.25) is 4.99 Å². The Labute approximate surface area is 176 Å². The number of hydrogen-bond acceptors (Lipinski definition) is 2. The van der Waals surface area contributed by atoms with Crippen molar-refractivity contribution >= 4 is 29.9 Å². The number of hydrogen-bond donors (Lipinski definition) is 3. The van der Waals surface area contributed by atoms with E-state index in [9.17, 15) is 5.11 Å². The lowest BCUT2D eigenvalue weighted by atomic mass is 9.92. The van der Waals surface area contributed by atoms with Crippen LogP contribution < -0.4 is 10.6 Å². The standard InChI is InChI=1S/C21H35N3O.HI/c1-4-8-18(11-14-25)15-23-20(22-5-2)24-16-21(12-13-21)19-10-7-6-9-17(19)3;/h6-7,9-10,18,25H,4-5,8,11-16H2,1-3H3,(H2,22,23,24);1H. The van der Waals surface area contributed by atoms with Gasteiger partial charge >= 0.3 is 0 Å². The normalized spacial score (nSPS) is 16.5. The van der Waals surface area contributed by atoms with Crippen LogP contribution in [0.3, 0.4) is 0 Å². The van der Waals surface area contributed by atoms with Crippen molar-refractivity contribution < 1.29 is 5.11 Å². The van der Waals surface area contributed by atoms with Gasteiger partial charge in [0, 0.05) is 25.1 Å². The topological polar surface area (TPSA) is 56.6 Å². The molecule has 0 aromatic heterocycles. The molecule has 0 aliphatic heterocycles. The van der Waals surface area contributed by atoms with Crippen LogP contribution in [0, 0.1) is 12.8 Å². The average Bonchev–Trinajstić information content (AvgIpc) is 3.39. The van der Waals surface area contributed by atoms with Crippen LogP contribution in [0.25, 0.3) is 0 Å². The minimum absolute atomic E-state index is 0. The molecule has 0 saturated heterocycles. The summed E-state index contributed by atoms with van der Waals surface area (Å²) in [5.74, 6) is 1.41. The molecular weight excluding hydrogens is 437 g/mol. The maximum Gasteiger partial charge on any atom is 0.191 e. The molecule has 4 nitrogen and oxygen atoms in total. The zero-order valence-electron chi connectivity index (χ0n) is 16.6. The monoisotopic (exact) mass is 473 g/mol. The Hall–Kier alpha value is -0.820. The molecule has 5 heteroatoms. The maximum absolute atomic E-state index is 9.23. The van der Waals surface area contributed by atoms with Gasteiger partial charge in [-0.2, -0.15) is 0 Å². The predicted molar refractivity (Wildman–Crippen MR) is 122 cm³/mol. The van der Waals surface area contributed by atoms with E-state index >= 15 is 0 Å². The van der Waals surface area contributed by atoms with Crippen molar-refractivity contribution in [3.63, 3.8) is 0 Å². The molecule has 0 bridgehead atoms. The summed E-state index contributed by atoms with van der Waals surface area (Å²) in [7, 11) is 0. The third kappa shape index (κ3) is 6.72. The van der Waals surface area contributed by atoms with Crippen LogP contribution in [-0.2, 0) is 5.41 Å². The third-order valence-corrected chi connectivity index (χ3v) is 5.25. The van der Waals surface area contributed by atoms with Crippen molar-refractivity contribution in [2.45, 2.75) is 58.3 Å². The highest BCUT2D eigenvalue weighted by molar-refractivity contribution is 14.0. The summed E-state index contributed by atoms with van der Waals surface area (Å²) in [6.45, 7) is 9.33. The zero-order valence-corrected chi connectivity index (χ0v) is 18.9. The summed E-state index contributed by atoms with van der Waals surface area (Å²) in [4.78, 5) is 4.89. The van der Waals surface area contributed by atoms with E-state index in [4.69, 9.17) is 4.99 Å². The highest BCUT2D eigenvalue weighted by Crippen LogP contribution is 2.49. The molecule has 0 amide bonds. The molecule has 1 atom stereocenters. The molecule has 1 saturated carbocycles. The van der Waals surface area contributed by atoms with Crippen LogP contribution >= 0.6 is 24.0 Å². The molecule has 1 aliphatic rings. The van der Waals surface area contributed by atoms with Crippen molar-refractivity contribution in [3.8, 4) is 0 Å². The molecule has 1 fully saturated rings. The minimum atomic E-state index is 0. The number of halogens is 1. The first-order valence-electron chi connectivity index (χ1n) is 9.84. The lowest BCUT2D eigenvalue weighted by Crippen LogP contribution is -2.40. The van der Waals surface area contributed by atoms with E-state index in [0.717, 1.165) is 44.9 Å². The summed E-state index contributed by atoms with van der Waals surface area (Å²) in [5, 5.41) is 16.1. The number of aliphatic imine (C=N–C) groups is 1. The van der Waals surface area contributed by atoms with Gasteiger partial charge in [-0.05, 0) is 56.6 Å². The largest absolute Gasteiger partial charge is 0.396 e. The van der Waals surface area contributed by atoms with Crippen LogP contribution in [0.15, 0.2) is 29.3 Å². The highest BCUT2D eigenvalue weighted by Gasteiger charge is 2.44. The van der Waals surface area contributed by atoms with Crippen LogP contribution in [0.5, 0.6) is 0 Å². The van der Waals surface area contributed by atoms with E-state index in [1.165, 1.54) is 24.0 Å². The Morgan fingerprint density at radius 3 is 2.50 bits per heavy atom. The molecule has 0 radical (unpaired) electrons. The Morgan fingerprint density at radius 1 is 1.19 bits per heavy atom. The van der Waals surface area contributed by atoms with Gasteiger partial charge in [-0.25, -0.2) is 0 Å². The number of nitrogens with zero attached hydrogens (tertiary/aromatic N) is 1. The quantitative estimate of drug-likeness (QED) is 0.274. The van der Waals surface area contributed by atoms with Crippen molar-refractivity contribution in [2.24, 2.45) is 10.9 Å². The number of guanidine groups is 1. The lowest BCUT2D eigenvalue weighted by Gasteiger charge is -2.20. The van der Waals surface area contributed by atoms with Gasteiger partial charge in [0.15, 0.2) is 5.96 Å². The van der Waals surface area contributed by atoms with Crippen LogP contribution in [-0.4, -0.2) is 37.3 Å². The van der Waals surface area contributed by atoms with Gasteiger partial charge in [0.05, 0.1) is 6.54 Å². The molecule has 1 aromatic carbocycles. The molecule has 0 spiro atoms.